The molecule has 4 rings (SSSR count). The number of carbonyl (C=O) groups excluding carboxylic acids is 1. The third kappa shape index (κ3) is 7.62. The predicted octanol–water partition coefficient (Wildman–Crippen LogP) is 4.90. The summed E-state index contributed by atoms with van der Waals surface area (Å²) in [4.78, 5) is 12.3. The van der Waals surface area contributed by atoms with E-state index in [1.165, 1.54) is 113 Å². The minimum Gasteiger partial charge on any atom is -0.493 e. The number of nitrogens with one attached hydrogen (secondary N) is 2. The van der Waals surface area contributed by atoms with Gasteiger partial charge in [-0.2, -0.15) is 16.8 Å². The van der Waals surface area contributed by atoms with Crippen molar-refractivity contribution in [3.05, 3.63) is 84.9 Å². The Morgan fingerprint density at radius 2 is 1.00 bits per heavy atom. The van der Waals surface area contributed by atoms with E-state index in [0.29, 0.717) is 17.2 Å². The first-order valence-corrected chi connectivity index (χ1v) is 15.4. The number of carbonyl (C=O) groups is 1. The maximum absolute atomic E-state index is 12.8. The van der Waals surface area contributed by atoms with Crippen LogP contribution >= 0.6 is 0 Å². The molecule has 0 unspecified atom stereocenters. The van der Waals surface area contributed by atoms with Gasteiger partial charge in [0.1, 0.15) is 21.3 Å². The lowest BCUT2D eigenvalue weighted by molar-refractivity contribution is 0.262. The zero-order chi connectivity index (χ0) is 31.9. The van der Waals surface area contributed by atoms with E-state index >= 15 is 0 Å². The van der Waals surface area contributed by atoms with Gasteiger partial charge >= 0.3 is 26.3 Å². The highest BCUT2D eigenvalue weighted by atomic mass is 32.2. The number of methoxy groups -OCH3 is 4. The minimum absolute atomic E-state index is 0.00582. The molecule has 0 heterocycles. The number of ether oxygens (including phenoxy) is 4. The Morgan fingerprint density at radius 3 is 1.50 bits per heavy atom. The molecule has 2 amide bonds. The highest BCUT2D eigenvalue weighted by molar-refractivity contribution is 7.87. The smallest absolute Gasteiger partial charge is 0.339 e. The van der Waals surface area contributed by atoms with E-state index in [1.807, 2.05) is 0 Å². The molecule has 2 N–H and O–H groups in total. The molecule has 0 fully saturated rings. The molecule has 0 saturated heterocycles. The van der Waals surface area contributed by atoms with Crippen molar-refractivity contribution < 1.29 is 48.9 Å². The summed E-state index contributed by atoms with van der Waals surface area (Å²) in [6.07, 6.45) is 0. The van der Waals surface area contributed by atoms with Gasteiger partial charge in [0.05, 0.1) is 28.4 Å². The summed E-state index contributed by atoms with van der Waals surface area (Å²) in [6.45, 7) is 0. The summed E-state index contributed by atoms with van der Waals surface area (Å²) in [5, 5.41) is 5.16. The fraction of sp³-hybridized carbons (Fsp3) is 0.138. The van der Waals surface area contributed by atoms with Gasteiger partial charge in [0.15, 0.2) is 23.0 Å². The third-order valence-corrected chi connectivity index (χ3v) is 8.39. The summed E-state index contributed by atoms with van der Waals surface area (Å²) in [6, 6.07) is 18.8. The lowest BCUT2D eigenvalue weighted by Gasteiger charge is -2.12. The van der Waals surface area contributed by atoms with Gasteiger partial charge in [-0.1, -0.05) is 6.07 Å². The van der Waals surface area contributed by atoms with Crippen molar-refractivity contribution in [2.24, 2.45) is 0 Å². The van der Waals surface area contributed by atoms with Gasteiger partial charge < -0.3 is 37.9 Å². The molecule has 0 aliphatic rings. The zero-order valence-electron chi connectivity index (χ0n) is 23.9. The van der Waals surface area contributed by atoms with Crippen LogP contribution in [0.15, 0.2) is 94.7 Å². The molecular weight excluding hydrogens is 616 g/mol. The maximum atomic E-state index is 12.8. The average molecular weight is 645 g/mol. The lowest BCUT2D eigenvalue weighted by atomic mass is 10.3. The molecule has 0 aliphatic carbocycles. The third-order valence-electron chi connectivity index (χ3n) is 5.90. The second-order valence-corrected chi connectivity index (χ2v) is 11.8. The van der Waals surface area contributed by atoms with Crippen LogP contribution in [0.2, 0.25) is 0 Å². The van der Waals surface area contributed by atoms with Gasteiger partial charge in [0.2, 0.25) is 0 Å². The number of rotatable bonds is 12. The zero-order valence-corrected chi connectivity index (χ0v) is 25.5. The van der Waals surface area contributed by atoms with E-state index in [9.17, 15) is 21.6 Å². The Labute approximate surface area is 254 Å². The molecule has 13 nitrogen and oxygen atoms in total. The average Bonchev–Trinajstić information content (AvgIpc) is 3.01. The summed E-state index contributed by atoms with van der Waals surface area (Å²) >= 11 is 0. The van der Waals surface area contributed by atoms with Crippen molar-refractivity contribution in [1.29, 1.82) is 0 Å². The van der Waals surface area contributed by atoms with Gasteiger partial charge in [-0.25, -0.2) is 4.79 Å². The van der Waals surface area contributed by atoms with E-state index in [0.717, 1.165) is 0 Å². The molecule has 0 radical (unpaired) electrons. The highest BCUT2D eigenvalue weighted by Gasteiger charge is 2.21. The van der Waals surface area contributed by atoms with E-state index in [4.69, 9.17) is 27.3 Å². The first kappa shape index (κ1) is 31.8. The molecule has 0 aliphatic heterocycles. The monoisotopic (exact) mass is 644 g/mol. The second kappa shape index (κ2) is 13.4. The summed E-state index contributed by atoms with van der Waals surface area (Å²) in [5.74, 6) is 1.10. The molecule has 15 heteroatoms. The minimum atomic E-state index is -4.24. The van der Waals surface area contributed by atoms with Crippen molar-refractivity contribution in [3.63, 3.8) is 0 Å². The second-order valence-electron chi connectivity index (χ2n) is 8.74. The number of anilines is 2. The van der Waals surface area contributed by atoms with Crippen molar-refractivity contribution in [1.82, 2.24) is 0 Å². The Kier molecular flexibility index (Phi) is 9.70. The normalized spacial score (nSPS) is 11.2. The van der Waals surface area contributed by atoms with Crippen LogP contribution in [0.4, 0.5) is 16.2 Å². The van der Waals surface area contributed by atoms with Crippen molar-refractivity contribution in [3.8, 4) is 34.5 Å². The van der Waals surface area contributed by atoms with E-state index < -0.39 is 26.3 Å². The standard InChI is InChI=1S/C29H28N2O11S2/c1-37-25-14-12-23(17-27(25)39-3)43(33,34)41-21-10-8-19(9-11-21)30-29(32)31-20-6-5-7-22(16-20)42-44(35,36)24-13-15-26(38-2)28(18-24)40-4/h5-18H,1-4H3,(H2,30,31,32). The van der Waals surface area contributed by atoms with E-state index in [1.54, 1.807) is 0 Å². The lowest BCUT2D eigenvalue weighted by Crippen LogP contribution is -2.19. The van der Waals surface area contributed by atoms with E-state index in [2.05, 4.69) is 10.6 Å². The van der Waals surface area contributed by atoms with Crippen LogP contribution in [0.3, 0.4) is 0 Å². The topological polar surface area (TPSA) is 165 Å². The molecule has 44 heavy (non-hydrogen) atoms. The molecule has 0 saturated carbocycles. The fourth-order valence-electron chi connectivity index (χ4n) is 3.81. The molecule has 0 bridgehead atoms. The van der Waals surface area contributed by atoms with Crippen LogP contribution in [-0.2, 0) is 20.2 Å². The predicted molar refractivity (Wildman–Crippen MR) is 160 cm³/mol. The van der Waals surface area contributed by atoms with Crippen LogP contribution in [0, 0.1) is 0 Å². The van der Waals surface area contributed by atoms with Crippen molar-refractivity contribution in [2.45, 2.75) is 9.79 Å². The van der Waals surface area contributed by atoms with E-state index in [-0.39, 0.29) is 38.5 Å². The first-order valence-electron chi connectivity index (χ1n) is 12.6. The largest absolute Gasteiger partial charge is 0.493 e. The number of benzene rings is 4. The fourth-order valence-corrected chi connectivity index (χ4v) is 5.69. The van der Waals surface area contributed by atoms with Crippen molar-refractivity contribution >= 4 is 37.6 Å². The van der Waals surface area contributed by atoms with Crippen LogP contribution in [0.25, 0.3) is 0 Å². The Morgan fingerprint density at radius 1 is 0.523 bits per heavy atom. The molecule has 232 valence electrons. The van der Waals surface area contributed by atoms with Crippen LogP contribution in [0.1, 0.15) is 0 Å². The number of hydrogen-bond donors (Lipinski definition) is 2. The molecule has 0 spiro atoms. The van der Waals surface area contributed by atoms with Crippen LogP contribution in [-0.4, -0.2) is 51.3 Å². The summed E-state index contributed by atoms with van der Waals surface area (Å²) < 4.78 is 82.1. The van der Waals surface area contributed by atoms with Gasteiger partial charge in [0, 0.05) is 29.6 Å². The number of amides is 2. The van der Waals surface area contributed by atoms with Gasteiger partial charge in [-0.3, -0.25) is 0 Å². The number of hydrogen-bond acceptors (Lipinski definition) is 11. The van der Waals surface area contributed by atoms with Crippen LogP contribution < -0.4 is 37.9 Å². The van der Waals surface area contributed by atoms with Crippen molar-refractivity contribution in [2.75, 3.05) is 39.1 Å². The molecular formula is C29H28N2O11S2. The molecule has 0 atom stereocenters. The molecule has 4 aromatic rings. The highest BCUT2D eigenvalue weighted by Crippen LogP contribution is 2.32. The Hall–Kier alpha value is -5.15. The molecule has 0 aromatic heterocycles. The van der Waals surface area contributed by atoms with Gasteiger partial charge in [-0.05, 0) is 60.7 Å². The molecule has 4 aromatic carbocycles. The van der Waals surface area contributed by atoms with Crippen LogP contribution in [0.5, 0.6) is 34.5 Å². The number of urea groups is 1. The maximum Gasteiger partial charge on any atom is 0.339 e. The SMILES string of the molecule is COc1ccc(S(=O)(=O)Oc2ccc(NC(=O)Nc3cccc(OS(=O)(=O)c4ccc(OC)c(OC)c4)c3)cc2)cc1OC. The Bertz CT molecular complexity index is 1860. The first-order chi connectivity index (χ1) is 21.0. The Balaban J connectivity index is 1.38. The van der Waals surface area contributed by atoms with Gasteiger partial charge in [-0.15, -0.1) is 0 Å². The summed E-state index contributed by atoms with van der Waals surface area (Å²) in [7, 11) is -2.81. The summed E-state index contributed by atoms with van der Waals surface area (Å²) in [5.41, 5.74) is 0.560. The van der Waals surface area contributed by atoms with Gasteiger partial charge in [0.25, 0.3) is 0 Å². The quantitative estimate of drug-likeness (QED) is 0.202.